The van der Waals surface area contributed by atoms with Gasteiger partial charge >= 0.3 is 0 Å². The molecule has 198 valence electrons. The van der Waals surface area contributed by atoms with Gasteiger partial charge in [0.15, 0.2) is 0 Å². The summed E-state index contributed by atoms with van der Waals surface area (Å²) in [5.74, 6) is -0.525. The molecule has 3 aromatic rings. The zero-order valence-corrected chi connectivity index (χ0v) is 24.1. The number of rotatable bonds is 7. The minimum atomic E-state index is -0.621. The molecule has 1 unspecified atom stereocenters. The lowest BCUT2D eigenvalue weighted by molar-refractivity contribution is -0.143. The van der Waals surface area contributed by atoms with Crippen LogP contribution in [0.5, 0.6) is 0 Å². The number of fused-ring (bicyclic) bond motifs is 1. The molecule has 0 bridgehead atoms. The Morgan fingerprint density at radius 3 is 2.63 bits per heavy atom. The maximum Gasteiger partial charge on any atom is 0.255 e. The molecule has 7 nitrogen and oxygen atoms in total. The van der Waals surface area contributed by atoms with Crippen LogP contribution in [0.3, 0.4) is 0 Å². The van der Waals surface area contributed by atoms with E-state index >= 15 is 0 Å². The molecule has 3 amide bonds. The van der Waals surface area contributed by atoms with E-state index in [0.29, 0.717) is 31.6 Å². The maximum atomic E-state index is 13.8. The van der Waals surface area contributed by atoms with E-state index in [1.807, 2.05) is 68.7 Å². The molecule has 0 radical (unpaired) electrons. The highest BCUT2D eigenvalue weighted by molar-refractivity contribution is 9.10. The number of amides is 3. The third-order valence-corrected chi connectivity index (χ3v) is 8.86. The fraction of sp³-hybridized carbons (Fsp3) is 0.379. The van der Waals surface area contributed by atoms with Crippen LogP contribution >= 0.6 is 27.3 Å². The van der Waals surface area contributed by atoms with Gasteiger partial charge < -0.3 is 15.1 Å². The number of hydrogen-bond donors (Lipinski definition) is 1. The molecular formula is C29H31BrN4O3S. The number of nitrogens with zero attached hydrogens (tertiary/aromatic N) is 3. The van der Waals surface area contributed by atoms with Gasteiger partial charge in [-0.25, -0.2) is 4.98 Å². The van der Waals surface area contributed by atoms with E-state index in [1.165, 1.54) is 0 Å². The fourth-order valence-electron chi connectivity index (χ4n) is 5.43. The van der Waals surface area contributed by atoms with Gasteiger partial charge in [0.1, 0.15) is 12.1 Å². The first-order valence-electron chi connectivity index (χ1n) is 12.9. The molecular weight excluding hydrogens is 564 g/mol. The molecule has 38 heavy (non-hydrogen) atoms. The Balaban J connectivity index is 1.25. The van der Waals surface area contributed by atoms with Gasteiger partial charge in [-0.15, -0.1) is 11.3 Å². The van der Waals surface area contributed by atoms with Gasteiger partial charge in [-0.1, -0.05) is 60.1 Å². The van der Waals surface area contributed by atoms with Crippen molar-refractivity contribution in [3.8, 4) is 10.4 Å². The second-order valence-electron chi connectivity index (χ2n) is 10.3. The third-order valence-electron chi connectivity index (χ3n) is 7.39. The van der Waals surface area contributed by atoms with Gasteiger partial charge in [0.25, 0.3) is 5.91 Å². The van der Waals surface area contributed by atoms with E-state index in [9.17, 15) is 14.4 Å². The lowest BCUT2D eigenvalue weighted by Crippen LogP contribution is -2.55. The van der Waals surface area contributed by atoms with Gasteiger partial charge in [-0.3, -0.25) is 14.4 Å². The topological polar surface area (TPSA) is 82.6 Å². The summed E-state index contributed by atoms with van der Waals surface area (Å²) in [5.41, 5.74) is 6.50. The van der Waals surface area contributed by atoms with Crippen molar-refractivity contribution >= 4 is 45.0 Å². The maximum absolute atomic E-state index is 13.8. The van der Waals surface area contributed by atoms with Crippen LogP contribution in [0.15, 0.2) is 52.4 Å². The number of nitrogens with one attached hydrogen (secondary N) is 1. The van der Waals surface area contributed by atoms with Crippen molar-refractivity contribution in [1.82, 2.24) is 20.1 Å². The minimum Gasteiger partial charge on any atom is -0.350 e. The second kappa shape index (κ2) is 11.0. The van der Waals surface area contributed by atoms with Crippen molar-refractivity contribution in [1.29, 1.82) is 0 Å². The number of benzene rings is 2. The quantitative estimate of drug-likeness (QED) is 0.409. The smallest absolute Gasteiger partial charge is 0.255 e. The Hall–Kier alpha value is -3.04. The fourth-order valence-corrected chi connectivity index (χ4v) is 6.60. The highest BCUT2D eigenvalue weighted by Crippen LogP contribution is 2.32. The predicted molar refractivity (Wildman–Crippen MR) is 152 cm³/mol. The summed E-state index contributed by atoms with van der Waals surface area (Å²) in [7, 11) is 0. The Morgan fingerprint density at radius 1 is 1.18 bits per heavy atom. The van der Waals surface area contributed by atoms with Gasteiger partial charge in [-0.05, 0) is 54.5 Å². The van der Waals surface area contributed by atoms with E-state index in [2.05, 4.69) is 26.2 Å². The monoisotopic (exact) mass is 594 g/mol. The van der Waals surface area contributed by atoms with Crippen molar-refractivity contribution in [2.75, 3.05) is 6.54 Å². The Bertz CT molecular complexity index is 1370. The van der Waals surface area contributed by atoms with Crippen molar-refractivity contribution in [2.45, 2.75) is 58.8 Å². The molecule has 0 spiro atoms. The van der Waals surface area contributed by atoms with Crippen LogP contribution in [0.2, 0.25) is 0 Å². The molecule has 5 rings (SSSR count). The molecule has 2 aromatic carbocycles. The summed E-state index contributed by atoms with van der Waals surface area (Å²) >= 11 is 5.05. The van der Waals surface area contributed by atoms with Crippen molar-refractivity contribution in [3.63, 3.8) is 0 Å². The molecule has 1 aromatic heterocycles. The van der Waals surface area contributed by atoms with E-state index in [1.54, 1.807) is 21.1 Å². The summed E-state index contributed by atoms with van der Waals surface area (Å²) < 4.78 is 0.837. The van der Waals surface area contributed by atoms with Gasteiger partial charge in [0, 0.05) is 29.7 Å². The molecule has 0 aliphatic carbocycles. The second-order valence-corrected chi connectivity index (χ2v) is 12.1. The number of aryl methyl sites for hydroxylation is 1. The standard InChI is InChI=1S/C29H31BrN4O3S/c1-17(2)25(34-15-21-10-11-22(30)13-23(21)28(34)36)29(37)33-12-4-5-24(33)27(35)31-14-19-6-8-20(9-7-19)26-18(3)32-16-38-26/h6-11,13,16-17,24-25H,4-5,12,14-15H2,1-3H3,(H,31,35)/t24-,25?/m0/s1. The minimum absolute atomic E-state index is 0.0887. The van der Waals surface area contributed by atoms with E-state index in [-0.39, 0.29) is 23.6 Å². The van der Waals surface area contributed by atoms with E-state index in [4.69, 9.17) is 0 Å². The Kier molecular flexibility index (Phi) is 7.68. The lowest BCUT2D eigenvalue weighted by Gasteiger charge is -2.35. The zero-order valence-electron chi connectivity index (χ0n) is 21.7. The van der Waals surface area contributed by atoms with Gasteiger partial charge in [0.05, 0.1) is 16.1 Å². The molecule has 2 atom stereocenters. The zero-order chi connectivity index (χ0) is 27.0. The van der Waals surface area contributed by atoms with Gasteiger partial charge in [0.2, 0.25) is 11.8 Å². The molecule has 2 aliphatic rings. The molecule has 9 heteroatoms. The summed E-state index contributed by atoms with van der Waals surface area (Å²) in [4.78, 5) is 49.1. The Morgan fingerprint density at radius 2 is 1.95 bits per heavy atom. The first-order valence-corrected chi connectivity index (χ1v) is 14.6. The van der Waals surface area contributed by atoms with Crippen LogP contribution in [0.25, 0.3) is 10.4 Å². The molecule has 1 N–H and O–H groups in total. The Labute approximate surface area is 235 Å². The number of hydrogen-bond acceptors (Lipinski definition) is 5. The summed E-state index contributed by atoms with van der Waals surface area (Å²) in [6, 6.07) is 12.6. The largest absolute Gasteiger partial charge is 0.350 e. The number of thiazole rings is 1. The third kappa shape index (κ3) is 5.14. The summed E-state index contributed by atoms with van der Waals surface area (Å²) in [6.45, 7) is 7.22. The number of carbonyl (C=O) groups is 3. The predicted octanol–water partition coefficient (Wildman–Crippen LogP) is 5.17. The van der Waals surface area contributed by atoms with E-state index in [0.717, 1.165) is 38.2 Å². The average Bonchev–Trinajstić information content (AvgIpc) is 3.63. The van der Waals surface area contributed by atoms with Gasteiger partial charge in [-0.2, -0.15) is 0 Å². The summed E-state index contributed by atoms with van der Waals surface area (Å²) in [5, 5.41) is 3.03. The highest BCUT2D eigenvalue weighted by atomic mass is 79.9. The molecule has 2 aliphatic heterocycles. The van der Waals surface area contributed by atoms with Crippen LogP contribution in [-0.2, 0) is 22.7 Å². The van der Waals surface area contributed by atoms with Crippen LogP contribution in [0.4, 0.5) is 0 Å². The first-order chi connectivity index (χ1) is 18.2. The number of aromatic nitrogens is 1. The molecule has 1 fully saturated rings. The average molecular weight is 596 g/mol. The number of halogens is 1. The van der Waals surface area contributed by atoms with E-state index < -0.39 is 12.1 Å². The molecule has 3 heterocycles. The first kappa shape index (κ1) is 26.6. The molecule has 0 saturated carbocycles. The molecule has 1 saturated heterocycles. The van der Waals surface area contributed by atoms with Crippen LogP contribution < -0.4 is 5.32 Å². The number of carbonyl (C=O) groups excluding carboxylic acids is 3. The highest BCUT2D eigenvalue weighted by Gasteiger charge is 2.43. The number of likely N-dealkylation sites (tertiary alicyclic amines) is 1. The van der Waals surface area contributed by atoms with Crippen LogP contribution in [0, 0.1) is 12.8 Å². The van der Waals surface area contributed by atoms with Crippen molar-refractivity contribution in [3.05, 3.63) is 74.8 Å². The van der Waals surface area contributed by atoms with Crippen LogP contribution in [0.1, 0.15) is 53.9 Å². The SMILES string of the molecule is Cc1ncsc1-c1ccc(CNC(=O)[C@@H]2CCCN2C(=O)C(C(C)C)N2Cc3ccc(Br)cc3C2=O)cc1. The lowest BCUT2D eigenvalue weighted by atomic mass is 10.0. The van der Waals surface area contributed by atoms with Crippen LogP contribution in [-0.4, -0.2) is 51.1 Å². The van der Waals surface area contributed by atoms with Crippen molar-refractivity contribution < 1.29 is 14.4 Å². The normalized spacial score (nSPS) is 17.7. The van der Waals surface area contributed by atoms with Crippen molar-refractivity contribution in [2.24, 2.45) is 5.92 Å². The summed E-state index contributed by atoms with van der Waals surface area (Å²) in [6.07, 6.45) is 1.38.